The molecular formula is C54H72O10. The van der Waals surface area contributed by atoms with Crippen LogP contribution in [0.15, 0.2) is 97.1 Å². The summed E-state index contributed by atoms with van der Waals surface area (Å²) in [4.78, 5) is 24.5. The van der Waals surface area contributed by atoms with E-state index in [1.54, 1.807) is 48.5 Å². The summed E-state index contributed by atoms with van der Waals surface area (Å²) in [5.74, 6) is 1.92. The van der Waals surface area contributed by atoms with E-state index in [9.17, 15) is 9.59 Å². The van der Waals surface area contributed by atoms with Gasteiger partial charge in [0.1, 0.15) is 23.0 Å². The number of ether oxygens (including phenoxy) is 8. The Bertz CT molecular complexity index is 1690. The van der Waals surface area contributed by atoms with Crippen LogP contribution in [0, 0.1) is 13.8 Å². The number of carbonyl (C=O) groups is 2. The maximum Gasteiger partial charge on any atom is 0.343 e. The highest BCUT2D eigenvalue weighted by molar-refractivity contribution is 5.91. The van der Waals surface area contributed by atoms with Crippen LogP contribution in [0.1, 0.15) is 147 Å². The molecule has 0 radical (unpaired) electrons. The van der Waals surface area contributed by atoms with Crippen LogP contribution in [-0.4, -0.2) is 64.2 Å². The largest absolute Gasteiger partial charge is 0.494 e. The summed E-state index contributed by atoms with van der Waals surface area (Å²) in [6.45, 7) is 8.68. The van der Waals surface area contributed by atoms with Crippen LogP contribution in [0.4, 0.5) is 0 Å². The maximum atomic E-state index is 12.2. The van der Waals surface area contributed by atoms with Gasteiger partial charge in [-0.2, -0.15) is 0 Å². The molecule has 4 aromatic rings. The Labute approximate surface area is 382 Å². The van der Waals surface area contributed by atoms with Gasteiger partial charge >= 0.3 is 11.9 Å². The summed E-state index contributed by atoms with van der Waals surface area (Å²) in [5.41, 5.74) is 3.27. The molecule has 10 nitrogen and oxygen atoms in total. The minimum absolute atomic E-state index is 0.0359. The first-order valence-corrected chi connectivity index (χ1v) is 23.9. The Morgan fingerprint density at radius 3 is 1.09 bits per heavy atom. The Kier molecular flexibility index (Phi) is 23.9. The minimum Gasteiger partial charge on any atom is -0.494 e. The smallest absolute Gasteiger partial charge is 0.343 e. The number of benzene rings is 4. The van der Waals surface area contributed by atoms with Gasteiger partial charge in [0, 0.05) is 26.4 Å². The summed E-state index contributed by atoms with van der Waals surface area (Å²) in [7, 11) is 0. The molecule has 2 saturated heterocycles. The van der Waals surface area contributed by atoms with Crippen molar-refractivity contribution < 1.29 is 47.5 Å². The number of unbranched alkanes of at least 4 members (excludes halogenated alkanes) is 10. The SMILES string of the molecule is Cc1ccc(OC(=O)c2ccc(OCCCCCCCCOC3CCCCO3)cc2)cc1.Cc1ccc(OC(=O)c2ccc(OCCCCCCCCOC3CCCCO3)cc2)cc1. The van der Waals surface area contributed by atoms with Crippen LogP contribution >= 0.6 is 0 Å². The Morgan fingerprint density at radius 1 is 0.422 bits per heavy atom. The molecule has 0 aromatic heterocycles. The first-order valence-electron chi connectivity index (χ1n) is 23.9. The molecule has 0 bridgehead atoms. The van der Waals surface area contributed by atoms with Gasteiger partial charge in [0.15, 0.2) is 12.6 Å². The van der Waals surface area contributed by atoms with Crippen molar-refractivity contribution >= 4 is 11.9 Å². The van der Waals surface area contributed by atoms with E-state index >= 15 is 0 Å². The third kappa shape index (κ3) is 20.8. The van der Waals surface area contributed by atoms with Gasteiger partial charge in [0.2, 0.25) is 0 Å². The second-order valence-corrected chi connectivity index (χ2v) is 16.7. The standard InChI is InChI=1S/2C27H36O5/c2*1-22-11-15-25(16-12-22)32-27(28)23-13-17-24(18-14-23)29-19-7-4-2-3-5-8-20-30-26-10-6-9-21-31-26/h2*11-18,26H,2-10,19-21H2,1H3. The fraction of sp³-hybridized carbons (Fsp3) is 0.519. The zero-order valence-electron chi connectivity index (χ0n) is 38.4. The van der Waals surface area contributed by atoms with Crippen molar-refractivity contribution in [1.29, 1.82) is 0 Å². The van der Waals surface area contributed by atoms with Crippen molar-refractivity contribution in [2.45, 2.75) is 142 Å². The van der Waals surface area contributed by atoms with E-state index in [-0.39, 0.29) is 24.5 Å². The summed E-state index contributed by atoms with van der Waals surface area (Å²) < 4.78 is 45.1. The van der Waals surface area contributed by atoms with Crippen LogP contribution in [-0.2, 0) is 18.9 Å². The Hall–Kier alpha value is -4.74. The molecule has 4 aromatic carbocycles. The average molecular weight is 881 g/mol. The van der Waals surface area contributed by atoms with E-state index in [4.69, 9.17) is 37.9 Å². The Balaban J connectivity index is 0.000000241. The van der Waals surface area contributed by atoms with Crippen LogP contribution in [0.25, 0.3) is 0 Å². The van der Waals surface area contributed by atoms with E-state index in [0.717, 1.165) is 113 Å². The number of esters is 2. The highest BCUT2D eigenvalue weighted by atomic mass is 16.7. The topological polar surface area (TPSA) is 108 Å². The summed E-state index contributed by atoms with van der Waals surface area (Å²) in [5, 5.41) is 0. The fourth-order valence-corrected chi connectivity index (χ4v) is 7.24. The monoisotopic (exact) mass is 881 g/mol. The molecule has 2 fully saturated rings. The molecule has 0 N–H and O–H groups in total. The molecule has 2 aliphatic heterocycles. The molecular weight excluding hydrogens is 809 g/mol. The minimum atomic E-state index is -0.364. The molecule has 0 saturated carbocycles. The van der Waals surface area contributed by atoms with E-state index in [2.05, 4.69) is 0 Å². The number of carbonyl (C=O) groups excluding carboxylic acids is 2. The van der Waals surface area contributed by atoms with Crippen molar-refractivity contribution in [1.82, 2.24) is 0 Å². The van der Waals surface area contributed by atoms with Crippen LogP contribution in [0.2, 0.25) is 0 Å². The van der Waals surface area contributed by atoms with Gasteiger partial charge in [-0.25, -0.2) is 9.59 Å². The van der Waals surface area contributed by atoms with Gasteiger partial charge in [-0.3, -0.25) is 0 Å². The predicted molar refractivity (Wildman–Crippen MR) is 251 cm³/mol. The first kappa shape index (κ1) is 50.3. The van der Waals surface area contributed by atoms with Gasteiger partial charge in [-0.15, -0.1) is 0 Å². The van der Waals surface area contributed by atoms with E-state index in [0.29, 0.717) is 35.8 Å². The number of rotatable bonds is 26. The van der Waals surface area contributed by atoms with Crippen LogP contribution in [0.5, 0.6) is 23.0 Å². The zero-order valence-corrected chi connectivity index (χ0v) is 38.4. The van der Waals surface area contributed by atoms with Crippen molar-refractivity contribution in [2.24, 2.45) is 0 Å². The highest BCUT2D eigenvalue weighted by Crippen LogP contribution is 2.20. The van der Waals surface area contributed by atoms with E-state index in [1.165, 1.54) is 51.4 Å². The number of hydrogen-bond donors (Lipinski definition) is 0. The van der Waals surface area contributed by atoms with E-state index < -0.39 is 0 Å². The normalized spacial score (nSPS) is 16.0. The lowest BCUT2D eigenvalue weighted by Crippen LogP contribution is -2.22. The molecule has 6 rings (SSSR count). The highest BCUT2D eigenvalue weighted by Gasteiger charge is 2.15. The summed E-state index contributed by atoms with van der Waals surface area (Å²) in [6.07, 6.45) is 20.8. The van der Waals surface area contributed by atoms with Crippen molar-refractivity contribution in [2.75, 3.05) is 39.6 Å². The molecule has 10 heteroatoms. The van der Waals surface area contributed by atoms with Crippen LogP contribution in [0.3, 0.4) is 0 Å². The molecule has 2 heterocycles. The lowest BCUT2D eigenvalue weighted by molar-refractivity contribution is -0.163. The van der Waals surface area contributed by atoms with Gasteiger partial charge in [-0.1, -0.05) is 86.8 Å². The lowest BCUT2D eigenvalue weighted by atomic mass is 10.1. The second kappa shape index (κ2) is 30.4. The van der Waals surface area contributed by atoms with Crippen LogP contribution < -0.4 is 18.9 Å². The van der Waals surface area contributed by atoms with Crippen molar-refractivity contribution in [3.63, 3.8) is 0 Å². The number of aryl methyl sites for hydroxylation is 2. The molecule has 0 spiro atoms. The molecule has 0 amide bonds. The fourth-order valence-electron chi connectivity index (χ4n) is 7.24. The molecule has 64 heavy (non-hydrogen) atoms. The van der Waals surface area contributed by atoms with Gasteiger partial charge < -0.3 is 37.9 Å². The van der Waals surface area contributed by atoms with Crippen molar-refractivity contribution in [3.8, 4) is 23.0 Å². The molecule has 2 atom stereocenters. The summed E-state index contributed by atoms with van der Waals surface area (Å²) >= 11 is 0. The third-order valence-electron chi connectivity index (χ3n) is 11.1. The quantitative estimate of drug-likeness (QED) is 0.0344. The molecule has 2 aliphatic rings. The first-order chi connectivity index (χ1) is 31.4. The third-order valence-corrected chi connectivity index (χ3v) is 11.1. The van der Waals surface area contributed by atoms with Gasteiger partial charge in [-0.05, 0) is 151 Å². The maximum absolute atomic E-state index is 12.2. The second-order valence-electron chi connectivity index (χ2n) is 16.7. The van der Waals surface area contributed by atoms with Crippen molar-refractivity contribution in [3.05, 3.63) is 119 Å². The van der Waals surface area contributed by atoms with Gasteiger partial charge in [0.25, 0.3) is 0 Å². The van der Waals surface area contributed by atoms with Gasteiger partial charge in [0.05, 0.1) is 24.3 Å². The molecule has 2 unspecified atom stereocenters. The average Bonchev–Trinajstić information content (AvgIpc) is 3.33. The molecule has 0 aliphatic carbocycles. The zero-order chi connectivity index (χ0) is 44.9. The summed E-state index contributed by atoms with van der Waals surface area (Å²) in [6, 6.07) is 29.1. The van der Waals surface area contributed by atoms with E-state index in [1.807, 2.05) is 62.4 Å². The number of hydrogen-bond acceptors (Lipinski definition) is 10. The lowest BCUT2D eigenvalue weighted by Gasteiger charge is -2.22. The Morgan fingerprint density at radius 2 is 0.750 bits per heavy atom. The molecule has 348 valence electrons. The predicted octanol–water partition coefficient (Wildman–Crippen LogP) is 13.0.